The Morgan fingerprint density at radius 1 is 1.00 bits per heavy atom. The Labute approximate surface area is 152 Å². The summed E-state index contributed by atoms with van der Waals surface area (Å²) in [6, 6.07) is 12.3. The van der Waals surface area contributed by atoms with Crippen LogP contribution < -0.4 is 5.32 Å². The van der Waals surface area contributed by atoms with Crippen molar-refractivity contribution in [2.24, 2.45) is 0 Å². The quantitative estimate of drug-likeness (QED) is 0.736. The number of nitrogens with zero attached hydrogens (tertiary/aromatic N) is 1. The highest BCUT2D eigenvalue weighted by molar-refractivity contribution is 7.09. The maximum Gasteiger partial charge on any atom is 0.223 e. The van der Waals surface area contributed by atoms with Crippen molar-refractivity contribution in [2.45, 2.75) is 45.2 Å². The Kier molecular flexibility index (Phi) is 6.23. The molecule has 3 rings (SSSR count). The van der Waals surface area contributed by atoms with Gasteiger partial charge in [-0.15, -0.1) is 11.3 Å². The van der Waals surface area contributed by atoms with Crippen LogP contribution in [0.5, 0.6) is 0 Å². The average molecular weight is 356 g/mol. The van der Waals surface area contributed by atoms with E-state index in [0.717, 1.165) is 12.8 Å². The van der Waals surface area contributed by atoms with Crippen LogP contribution in [-0.2, 0) is 29.1 Å². The molecule has 0 saturated carbocycles. The molecule has 0 fully saturated rings. The van der Waals surface area contributed by atoms with Gasteiger partial charge in [-0.25, -0.2) is 0 Å². The predicted molar refractivity (Wildman–Crippen MR) is 100 cm³/mol. The zero-order valence-electron chi connectivity index (χ0n) is 14.4. The molecule has 2 aromatic rings. The number of carbonyl (C=O) groups is 2. The van der Waals surface area contributed by atoms with Gasteiger partial charge < -0.3 is 10.2 Å². The fourth-order valence-electron chi connectivity index (χ4n) is 3.10. The zero-order chi connectivity index (χ0) is 17.5. The molecule has 0 bridgehead atoms. The van der Waals surface area contributed by atoms with Crippen LogP contribution in [0.25, 0.3) is 0 Å². The molecule has 5 heteroatoms. The Bertz CT molecular complexity index is 687. The van der Waals surface area contributed by atoms with E-state index in [9.17, 15) is 9.59 Å². The maximum absolute atomic E-state index is 12.3. The standard InChI is InChI=1S/C20H24N2O2S/c23-19(10-3-8-18-9-5-13-25-18)21-12-4-11-20(24)22-14-16-6-1-2-7-17(16)15-22/h1-2,5-7,9,13H,3-4,8,10-12,14-15H2,(H,21,23). The van der Waals surface area contributed by atoms with E-state index in [2.05, 4.69) is 28.9 Å². The summed E-state index contributed by atoms with van der Waals surface area (Å²) >= 11 is 1.73. The number of nitrogens with one attached hydrogen (secondary N) is 1. The zero-order valence-corrected chi connectivity index (χ0v) is 15.2. The molecule has 1 N–H and O–H groups in total. The summed E-state index contributed by atoms with van der Waals surface area (Å²) in [4.78, 5) is 27.3. The molecule has 0 spiro atoms. The summed E-state index contributed by atoms with van der Waals surface area (Å²) in [7, 11) is 0. The van der Waals surface area contributed by atoms with Gasteiger partial charge in [0.05, 0.1) is 0 Å². The fraction of sp³-hybridized carbons (Fsp3) is 0.400. The number of benzene rings is 1. The fourth-order valence-corrected chi connectivity index (χ4v) is 3.85. The Morgan fingerprint density at radius 2 is 1.76 bits per heavy atom. The normalized spacial score (nSPS) is 12.9. The Morgan fingerprint density at radius 3 is 2.44 bits per heavy atom. The third-order valence-electron chi connectivity index (χ3n) is 4.49. The lowest BCUT2D eigenvalue weighted by Crippen LogP contribution is -2.28. The van der Waals surface area contributed by atoms with Crippen LogP contribution in [0.3, 0.4) is 0 Å². The van der Waals surface area contributed by atoms with Gasteiger partial charge >= 0.3 is 0 Å². The maximum atomic E-state index is 12.3. The number of aryl methyl sites for hydroxylation is 1. The van der Waals surface area contributed by atoms with E-state index in [1.54, 1.807) is 11.3 Å². The first kappa shape index (κ1) is 17.7. The van der Waals surface area contributed by atoms with Crippen molar-refractivity contribution < 1.29 is 9.59 Å². The molecule has 0 atom stereocenters. The van der Waals surface area contributed by atoms with E-state index in [1.807, 2.05) is 23.1 Å². The van der Waals surface area contributed by atoms with Gasteiger partial charge in [-0.05, 0) is 41.8 Å². The Hall–Kier alpha value is -2.14. The van der Waals surface area contributed by atoms with Gasteiger partial charge in [0.1, 0.15) is 0 Å². The van der Waals surface area contributed by atoms with Crippen LogP contribution in [0.2, 0.25) is 0 Å². The second-order valence-corrected chi connectivity index (χ2v) is 7.44. The van der Waals surface area contributed by atoms with Gasteiger partial charge in [0.15, 0.2) is 0 Å². The summed E-state index contributed by atoms with van der Waals surface area (Å²) < 4.78 is 0. The SMILES string of the molecule is O=C(CCCc1cccs1)NCCCC(=O)N1Cc2ccccc2C1. The van der Waals surface area contributed by atoms with Gasteiger partial charge in [0.2, 0.25) is 11.8 Å². The number of hydrogen-bond acceptors (Lipinski definition) is 3. The Balaban J connectivity index is 1.27. The number of fused-ring (bicyclic) bond motifs is 1. The summed E-state index contributed by atoms with van der Waals surface area (Å²) in [5.41, 5.74) is 2.49. The average Bonchev–Trinajstić information content (AvgIpc) is 3.27. The van der Waals surface area contributed by atoms with Crippen molar-refractivity contribution in [3.05, 3.63) is 57.8 Å². The van der Waals surface area contributed by atoms with E-state index in [4.69, 9.17) is 0 Å². The first-order valence-corrected chi connectivity index (χ1v) is 9.74. The van der Waals surface area contributed by atoms with Crippen molar-refractivity contribution in [3.63, 3.8) is 0 Å². The minimum absolute atomic E-state index is 0.0811. The van der Waals surface area contributed by atoms with Crippen LogP contribution in [-0.4, -0.2) is 23.3 Å². The minimum atomic E-state index is 0.0811. The smallest absolute Gasteiger partial charge is 0.223 e. The highest BCUT2D eigenvalue weighted by atomic mass is 32.1. The monoisotopic (exact) mass is 356 g/mol. The van der Waals surface area contributed by atoms with Crippen LogP contribution in [0.4, 0.5) is 0 Å². The van der Waals surface area contributed by atoms with Crippen LogP contribution in [0.1, 0.15) is 41.7 Å². The number of amides is 2. The number of carbonyl (C=O) groups excluding carboxylic acids is 2. The molecule has 0 unspecified atom stereocenters. The summed E-state index contributed by atoms with van der Waals surface area (Å²) in [5, 5.41) is 4.98. The molecule has 1 aliphatic heterocycles. The highest BCUT2D eigenvalue weighted by Gasteiger charge is 2.22. The molecule has 0 radical (unpaired) electrons. The lowest BCUT2D eigenvalue weighted by molar-refractivity contribution is -0.132. The summed E-state index contributed by atoms with van der Waals surface area (Å²) in [5.74, 6) is 0.251. The second kappa shape index (κ2) is 8.81. The van der Waals surface area contributed by atoms with Crippen molar-refractivity contribution in [3.8, 4) is 0 Å². The third kappa shape index (κ3) is 5.16. The van der Waals surface area contributed by atoms with Gasteiger partial charge in [-0.3, -0.25) is 9.59 Å². The summed E-state index contributed by atoms with van der Waals surface area (Å²) in [6.07, 6.45) is 3.56. The topological polar surface area (TPSA) is 49.4 Å². The first-order chi connectivity index (χ1) is 12.2. The van der Waals surface area contributed by atoms with Gasteiger partial charge in [0, 0.05) is 37.4 Å². The van der Waals surface area contributed by atoms with Gasteiger partial charge in [-0.1, -0.05) is 30.3 Å². The summed E-state index contributed by atoms with van der Waals surface area (Å²) in [6.45, 7) is 2.00. The van der Waals surface area contributed by atoms with E-state index in [-0.39, 0.29) is 11.8 Å². The molecule has 1 aliphatic rings. The molecule has 2 amide bonds. The van der Waals surface area contributed by atoms with Crippen molar-refractivity contribution in [2.75, 3.05) is 6.54 Å². The second-order valence-electron chi connectivity index (χ2n) is 6.40. The lowest BCUT2D eigenvalue weighted by atomic mass is 10.1. The molecule has 4 nitrogen and oxygen atoms in total. The molecular weight excluding hydrogens is 332 g/mol. The minimum Gasteiger partial charge on any atom is -0.356 e. The molecular formula is C20H24N2O2S. The van der Waals surface area contributed by atoms with E-state index in [1.165, 1.54) is 16.0 Å². The lowest BCUT2D eigenvalue weighted by Gasteiger charge is -2.15. The van der Waals surface area contributed by atoms with Crippen LogP contribution in [0.15, 0.2) is 41.8 Å². The number of thiophene rings is 1. The highest BCUT2D eigenvalue weighted by Crippen LogP contribution is 2.22. The predicted octanol–water partition coefficient (Wildman–Crippen LogP) is 3.51. The molecule has 132 valence electrons. The molecule has 25 heavy (non-hydrogen) atoms. The van der Waals surface area contributed by atoms with Crippen LogP contribution in [0, 0.1) is 0 Å². The number of hydrogen-bond donors (Lipinski definition) is 1. The molecule has 0 aliphatic carbocycles. The van der Waals surface area contributed by atoms with Crippen LogP contribution >= 0.6 is 11.3 Å². The van der Waals surface area contributed by atoms with Crippen molar-refractivity contribution in [1.82, 2.24) is 10.2 Å². The van der Waals surface area contributed by atoms with E-state index >= 15 is 0 Å². The first-order valence-electron chi connectivity index (χ1n) is 8.86. The molecule has 0 saturated heterocycles. The van der Waals surface area contributed by atoms with Gasteiger partial charge in [0.25, 0.3) is 0 Å². The number of rotatable bonds is 8. The van der Waals surface area contributed by atoms with Gasteiger partial charge in [-0.2, -0.15) is 0 Å². The van der Waals surface area contributed by atoms with Crippen molar-refractivity contribution >= 4 is 23.2 Å². The van der Waals surface area contributed by atoms with E-state index < -0.39 is 0 Å². The molecule has 1 aromatic carbocycles. The molecule has 1 aromatic heterocycles. The van der Waals surface area contributed by atoms with E-state index in [0.29, 0.717) is 38.9 Å². The third-order valence-corrected chi connectivity index (χ3v) is 5.43. The molecule has 2 heterocycles. The van der Waals surface area contributed by atoms with Crippen molar-refractivity contribution in [1.29, 1.82) is 0 Å². The largest absolute Gasteiger partial charge is 0.356 e.